The van der Waals surface area contributed by atoms with E-state index in [1.165, 1.54) is 18.2 Å². The molecule has 1 N–H and O–H groups in total. The third kappa shape index (κ3) is 4.00. The summed E-state index contributed by atoms with van der Waals surface area (Å²) in [4.78, 5) is 17.4. The molecule has 30 heavy (non-hydrogen) atoms. The van der Waals surface area contributed by atoms with Gasteiger partial charge < -0.3 is 14.8 Å². The number of benzene rings is 1. The molecule has 1 aromatic carbocycles. The number of ether oxygens (including phenoxy) is 2. The average molecular weight is 415 g/mol. The molecular formula is C22H23F2N3O3. The summed E-state index contributed by atoms with van der Waals surface area (Å²) in [6.07, 6.45) is 3.33. The predicted octanol–water partition coefficient (Wildman–Crippen LogP) is 3.72. The van der Waals surface area contributed by atoms with Crippen LogP contribution in [0.4, 0.5) is 8.78 Å². The van der Waals surface area contributed by atoms with Crippen LogP contribution in [0, 0.1) is 25.5 Å². The minimum atomic E-state index is -0.672. The number of aromatic nitrogens is 2. The number of imidazole rings is 1. The molecule has 0 aliphatic carbocycles. The van der Waals surface area contributed by atoms with Crippen molar-refractivity contribution in [1.82, 2.24) is 14.7 Å². The van der Waals surface area contributed by atoms with E-state index in [2.05, 4.69) is 10.3 Å². The normalized spacial score (nSPS) is 14.8. The summed E-state index contributed by atoms with van der Waals surface area (Å²) in [5.41, 5.74) is 2.06. The lowest BCUT2D eigenvalue weighted by Gasteiger charge is -2.23. The molecule has 8 heteroatoms. The second-order valence-corrected chi connectivity index (χ2v) is 7.47. The van der Waals surface area contributed by atoms with Crippen LogP contribution in [0.25, 0.3) is 5.65 Å². The summed E-state index contributed by atoms with van der Waals surface area (Å²) in [5, 5.41) is 3.05. The fourth-order valence-electron chi connectivity index (χ4n) is 3.65. The maximum Gasteiger partial charge on any atom is 0.270 e. The molecule has 0 bridgehead atoms. The Morgan fingerprint density at radius 3 is 2.67 bits per heavy atom. The Hall–Kier alpha value is -3.00. The highest BCUT2D eigenvalue weighted by Crippen LogP contribution is 2.26. The quantitative estimate of drug-likeness (QED) is 0.690. The van der Waals surface area contributed by atoms with Gasteiger partial charge in [-0.3, -0.25) is 9.20 Å². The zero-order valence-electron chi connectivity index (χ0n) is 16.9. The molecule has 0 spiro atoms. The Balaban J connectivity index is 1.64. The van der Waals surface area contributed by atoms with Gasteiger partial charge in [0.2, 0.25) is 0 Å². The highest BCUT2D eigenvalue weighted by molar-refractivity contribution is 5.95. The van der Waals surface area contributed by atoms with Crippen molar-refractivity contribution in [3.63, 3.8) is 0 Å². The maximum absolute atomic E-state index is 13.9. The van der Waals surface area contributed by atoms with Gasteiger partial charge >= 0.3 is 0 Å². The zero-order chi connectivity index (χ0) is 21.3. The highest BCUT2D eigenvalue weighted by atomic mass is 19.1. The lowest BCUT2D eigenvalue weighted by atomic mass is 10.1. The van der Waals surface area contributed by atoms with Crippen LogP contribution in [-0.4, -0.2) is 34.5 Å². The summed E-state index contributed by atoms with van der Waals surface area (Å²) in [7, 11) is 0. The SMILES string of the molecule is Cc1cc(OCc2c(F)cccc2F)c2nc(C)c(C(=O)NC3CCOCC3)n2c1. The molecule has 0 atom stereocenters. The molecule has 0 saturated carbocycles. The van der Waals surface area contributed by atoms with Crippen LogP contribution >= 0.6 is 0 Å². The first kappa shape index (κ1) is 20.3. The minimum Gasteiger partial charge on any atom is -0.485 e. The van der Waals surface area contributed by atoms with Crippen molar-refractivity contribution >= 4 is 11.6 Å². The van der Waals surface area contributed by atoms with Gasteiger partial charge in [0.1, 0.15) is 23.9 Å². The summed E-state index contributed by atoms with van der Waals surface area (Å²) in [5.74, 6) is -1.21. The number of nitrogens with zero attached hydrogens (tertiary/aromatic N) is 2. The van der Waals surface area contributed by atoms with Gasteiger partial charge in [-0.15, -0.1) is 0 Å². The van der Waals surface area contributed by atoms with E-state index >= 15 is 0 Å². The standard InChI is InChI=1S/C22H23F2N3O3/c1-13-10-19(30-12-16-17(23)4-3-5-18(16)24)21-25-14(2)20(27(21)11-13)22(28)26-15-6-8-29-9-7-15/h3-5,10-11,15H,6-9,12H2,1-2H3,(H,26,28). The number of halogens is 2. The molecule has 3 aromatic rings. The fourth-order valence-corrected chi connectivity index (χ4v) is 3.65. The van der Waals surface area contributed by atoms with Crippen LogP contribution in [0.5, 0.6) is 5.75 Å². The van der Waals surface area contributed by atoms with Gasteiger partial charge in [-0.2, -0.15) is 0 Å². The van der Waals surface area contributed by atoms with Crippen molar-refractivity contribution in [2.75, 3.05) is 13.2 Å². The maximum atomic E-state index is 13.9. The smallest absolute Gasteiger partial charge is 0.270 e. The summed E-state index contributed by atoms with van der Waals surface area (Å²) >= 11 is 0. The summed E-state index contributed by atoms with van der Waals surface area (Å²) in [6, 6.07) is 5.47. The molecule has 0 unspecified atom stereocenters. The summed E-state index contributed by atoms with van der Waals surface area (Å²) in [6.45, 7) is 4.57. The lowest BCUT2D eigenvalue weighted by Crippen LogP contribution is -2.39. The number of fused-ring (bicyclic) bond motifs is 1. The van der Waals surface area contributed by atoms with Gasteiger partial charge in [-0.1, -0.05) is 6.07 Å². The molecule has 158 valence electrons. The van der Waals surface area contributed by atoms with Crippen molar-refractivity contribution in [3.8, 4) is 5.75 Å². The third-order valence-electron chi connectivity index (χ3n) is 5.20. The third-order valence-corrected chi connectivity index (χ3v) is 5.20. The first-order chi connectivity index (χ1) is 14.4. The van der Waals surface area contributed by atoms with Gasteiger partial charge in [0.25, 0.3) is 5.91 Å². The minimum absolute atomic E-state index is 0.0563. The number of pyridine rings is 1. The monoisotopic (exact) mass is 415 g/mol. The van der Waals surface area contributed by atoms with E-state index in [0.29, 0.717) is 36.0 Å². The van der Waals surface area contributed by atoms with Crippen LogP contribution < -0.4 is 10.1 Å². The Labute approximate surface area is 172 Å². The van der Waals surface area contributed by atoms with E-state index in [9.17, 15) is 13.6 Å². The molecule has 3 heterocycles. The molecule has 4 rings (SSSR count). The number of amides is 1. The molecule has 1 aliphatic heterocycles. The Morgan fingerprint density at radius 2 is 1.97 bits per heavy atom. The Bertz CT molecular complexity index is 1070. The lowest BCUT2D eigenvalue weighted by molar-refractivity contribution is 0.0693. The van der Waals surface area contributed by atoms with E-state index < -0.39 is 11.6 Å². The molecule has 1 aliphatic rings. The van der Waals surface area contributed by atoms with Crippen LogP contribution in [0.3, 0.4) is 0 Å². The first-order valence-corrected chi connectivity index (χ1v) is 9.87. The van der Waals surface area contributed by atoms with Crippen molar-refractivity contribution in [3.05, 3.63) is 64.6 Å². The van der Waals surface area contributed by atoms with Crippen LogP contribution in [0.2, 0.25) is 0 Å². The second-order valence-electron chi connectivity index (χ2n) is 7.47. The van der Waals surface area contributed by atoms with Crippen LogP contribution in [0.1, 0.15) is 40.2 Å². The molecule has 6 nitrogen and oxygen atoms in total. The van der Waals surface area contributed by atoms with Gasteiger partial charge in [0.05, 0.1) is 11.3 Å². The Morgan fingerprint density at radius 1 is 1.27 bits per heavy atom. The van der Waals surface area contributed by atoms with E-state index in [1.807, 2.05) is 6.92 Å². The average Bonchev–Trinajstić information content (AvgIpc) is 3.04. The molecule has 0 radical (unpaired) electrons. The van der Waals surface area contributed by atoms with Gasteiger partial charge in [-0.05, 0) is 50.5 Å². The molecule has 2 aromatic heterocycles. The second kappa shape index (κ2) is 8.39. The molecule has 1 fully saturated rings. The number of rotatable bonds is 5. The first-order valence-electron chi connectivity index (χ1n) is 9.87. The van der Waals surface area contributed by atoms with Crippen LogP contribution in [0.15, 0.2) is 30.5 Å². The topological polar surface area (TPSA) is 64.9 Å². The number of hydrogen-bond donors (Lipinski definition) is 1. The molecule has 1 amide bonds. The zero-order valence-corrected chi connectivity index (χ0v) is 16.9. The van der Waals surface area contributed by atoms with E-state index in [-0.39, 0.29) is 24.1 Å². The number of hydrogen-bond acceptors (Lipinski definition) is 4. The Kier molecular flexibility index (Phi) is 5.67. The number of carbonyl (C=O) groups is 1. The van der Waals surface area contributed by atoms with Gasteiger partial charge in [-0.25, -0.2) is 13.8 Å². The van der Waals surface area contributed by atoms with Crippen molar-refractivity contribution < 1.29 is 23.0 Å². The summed E-state index contributed by atoms with van der Waals surface area (Å²) < 4.78 is 40.6. The number of nitrogens with one attached hydrogen (secondary N) is 1. The van der Waals surface area contributed by atoms with E-state index in [4.69, 9.17) is 9.47 Å². The fraction of sp³-hybridized carbons (Fsp3) is 0.364. The highest BCUT2D eigenvalue weighted by Gasteiger charge is 2.23. The van der Waals surface area contributed by atoms with E-state index in [1.54, 1.807) is 23.6 Å². The van der Waals surface area contributed by atoms with E-state index in [0.717, 1.165) is 18.4 Å². The number of carbonyl (C=O) groups excluding carboxylic acids is 1. The molecular weight excluding hydrogens is 392 g/mol. The predicted molar refractivity (Wildman–Crippen MR) is 107 cm³/mol. The van der Waals surface area contributed by atoms with Crippen molar-refractivity contribution in [1.29, 1.82) is 0 Å². The largest absolute Gasteiger partial charge is 0.485 e. The van der Waals surface area contributed by atoms with Gasteiger partial charge in [0.15, 0.2) is 11.4 Å². The van der Waals surface area contributed by atoms with Crippen molar-refractivity contribution in [2.45, 2.75) is 39.3 Å². The molecule has 1 saturated heterocycles. The number of aryl methyl sites for hydroxylation is 2. The van der Waals surface area contributed by atoms with Crippen molar-refractivity contribution in [2.24, 2.45) is 0 Å². The van der Waals surface area contributed by atoms with Gasteiger partial charge in [0, 0.05) is 25.5 Å². The van der Waals surface area contributed by atoms with Crippen LogP contribution in [-0.2, 0) is 11.3 Å².